The van der Waals surface area contributed by atoms with Gasteiger partial charge < -0.3 is 19.7 Å². The van der Waals surface area contributed by atoms with Gasteiger partial charge in [0.2, 0.25) is 5.91 Å². The molecule has 31 heavy (non-hydrogen) atoms. The number of benzene rings is 1. The quantitative estimate of drug-likeness (QED) is 0.707. The van der Waals surface area contributed by atoms with Crippen LogP contribution in [0.15, 0.2) is 33.9 Å². The minimum Gasteiger partial charge on any atom is -0.497 e. The molecule has 3 rings (SSSR count). The summed E-state index contributed by atoms with van der Waals surface area (Å²) in [7, 11) is 4.65. The van der Waals surface area contributed by atoms with Gasteiger partial charge in [0, 0.05) is 44.9 Å². The van der Waals surface area contributed by atoms with Gasteiger partial charge in [-0.05, 0) is 38.0 Å². The summed E-state index contributed by atoms with van der Waals surface area (Å²) in [6.45, 7) is 3.78. The third-order valence-corrected chi connectivity index (χ3v) is 5.75. The Bertz CT molecular complexity index is 1060. The Balaban J connectivity index is 1.74. The van der Waals surface area contributed by atoms with Crippen LogP contribution in [0.2, 0.25) is 0 Å². The zero-order valence-electron chi connectivity index (χ0n) is 18.5. The van der Waals surface area contributed by atoms with E-state index in [4.69, 9.17) is 9.47 Å². The van der Waals surface area contributed by atoms with E-state index >= 15 is 0 Å². The van der Waals surface area contributed by atoms with Crippen molar-refractivity contribution in [3.8, 4) is 11.5 Å². The van der Waals surface area contributed by atoms with Crippen LogP contribution in [0.1, 0.15) is 25.3 Å². The predicted molar refractivity (Wildman–Crippen MR) is 118 cm³/mol. The van der Waals surface area contributed by atoms with Crippen molar-refractivity contribution in [3.63, 3.8) is 0 Å². The summed E-state index contributed by atoms with van der Waals surface area (Å²) >= 11 is 0. The van der Waals surface area contributed by atoms with E-state index in [1.54, 1.807) is 24.9 Å². The molecular weight excluding hydrogens is 400 g/mol. The number of anilines is 1. The van der Waals surface area contributed by atoms with Crippen molar-refractivity contribution < 1.29 is 14.3 Å². The Hall–Kier alpha value is -3.23. The number of nitrogens with zero attached hydrogens (tertiary/aromatic N) is 3. The van der Waals surface area contributed by atoms with Crippen molar-refractivity contribution in [2.45, 2.75) is 32.9 Å². The number of nitrogens with one attached hydrogen (secondary N) is 1. The van der Waals surface area contributed by atoms with Gasteiger partial charge in [0.05, 0.1) is 20.1 Å². The minimum atomic E-state index is -0.346. The van der Waals surface area contributed by atoms with Gasteiger partial charge in [0.1, 0.15) is 17.3 Å². The lowest BCUT2D eigenvalue weighted by Crippen LogP contribution is -2.47. The summed E-state index contributed by atoms with van der Waals surface area (Å²) < 4.78 is 13.3. The lowest BCUT2D eigenvalue weighted by Gasteiger charge is -2.34. The van der Waals surface area contributed by atoms with Crippen LogP contribution in [0, 0.1) is 5.92 Å². The van der Waals surface area contributed by atoms with Gasteiger partial charge in [0.25, 0.3) is 5.56 Å². The zero-order chi connectivity index (χ0) is 22.5. The van der Waals surface area contributed by atoms with Crippen LogP contribution < -0.4 is 30.9 Å². The first-order valence-corrected chi connectivity index (χ1v) is 10.4. The van der Waals surface area contributed by atoms with Gasteiger partial charge in [-0.25, -0.2) is 4.79 Å². The van der Waals surface area contributed by atoms with E-state index in [1.165, 1.54) is 13.1 Å². The van der Waals surface area contributed by atoms with E-state index in [1.807, 2.05) is 24.0 Å². The molecule has 1 saturated heterocycles. The molecule has 1 aliphatic heterocycles. The van der Waals surface area contributed by atoms with E-state index in [0.29, 0.717) is 43.5 Å². The fourth-order valence-corrected chi connectivity index (χ4v) is 3.96. The smallest absolute Gasteiger partial charge is 0.332 e. The van der Waals surface area contributed by atoms with Crippen LogP contribution in [0.25, 0.3) is 0 Å². The summed E-state index contributed by atoms with van der Waals surface area (Å²) in [6.07, 6.45) is 1.55. The van der Waals surface area contributed by atoms with Crippen LogP contribution >= 0.6 is 0 Å². The Morgan fingerprint density at radius 1 is 1.19 bits per heavy atom. The van der Waals surface area contributed by atoms with Gasteiger partial charge in [-0.15, -0.1) is 0 Å². The Labute approximate surface area is 181 Å². The van der Waals surface area contributed by atoms with Crippen molar-refractivity contribution in [2.24, 2.45) is 13.0 Å². The number of carbonyl (C=O) groups excluding carboxylic acids is 1. The van der Waals surface area contributed by atoms with E-state index in [-0.39, 0.29) is 23.1 Å². The molecule has 9 heteroatoms. The number of piperidine rings is 1. The van der Waals surface area contributed by atoms with Crippen LogP contribution in [-0.4, -0.2) is 42.4 Å². The first-order chi connectivity index (χ1) is 14.9. The van der Waals surface area contributed by atoms with E-state index in [0.717, 1.165) is 23.0 Å². The van der Waals surface area contributed by atoms with Gasteiger partial charge in [-0.3, -0.25) is 18.7 Å². The van der Waals surface area contributed by atoms with Crippen molar-refractivity contribution in [2.75, 3.05) is 32.2 Å². The molecule has 1 amide bonds. The molecule has 1 aromatic heterocycles. The Kier molecular flexibility index (Phi) is 7.04. The van der Waals surface area contributed by atoms with Gasteiger partial charge >= 0.3 is 5.69 Å². The first-order valence-electron chi connectivity index (χ1n) is 10.4. The highest BCUT2D eigenvalue weighted by molar-refractivity contribution is 5.79. The topological polar surface area (TPSA) is 94.8 Å². The van der Waals surface area contributed by atoms with Gasteiger partial charge in [-0.2, -0.15) is 0 Å². The average molecular weight is 431 g/mol. The fraction of sp³-hybridized carbons (Fsp3) is 0.500. The van der Waals surface area contributed by atoms with Crippen LogP contribution in [0.4, 0.5) is 5.82 Å². The third-order valence-electron chi connectivity index (χ3n) is 5.75. The summed E-state index contributed by atoms with van der Waals surface area (Å²) in [5.41, 5.74) is 0.136. The second-order valence-electron chi connectivity index (χ2n) is 7.61. The third kappa shape index (κ3) is 4.76. The van der Waals surface area contributed by atoms with E-state index in [9.17, 15) is 14.4 Å². The minimum absolute atomic E-state index is 0.0659. The number of hydrogen-bond donors (Lipinski definition) is 1. The zero-order valence-corrected chi connectivity index (χ0v) is 18.5. The highest BCUT2D eigenvalue weighted by atomic mass is 16.5. The predicted octanol–water partition coefficient (Wildman–Crippen LogP) is 1.12. The number of methoxy groups -OCH3 is 2. The number of rotatable bonds is 7. The maximum Gasteiger partial charge on any atom is 0.332 e. The molecule has 0 saturated carbocycles. The first kappa shape index (κ1) is 22.5. The molecule has 0 spiro atoms. The van der Waals surface area contributed by atoms with Gasteiger partial charge in [-0.1, -0.05) is 0 Å². The number of hydrogen-bond acceptors (Lipinski definition) is 6. The molecule has 1 fully saturated rings. The molecule has 9 nitrogen and oxygen atoms in total. The molecule has 1 N–H and O–H groups in total. The van der Waals surface area contributed by atoms with Crippen molar-refractivity contribution >= 4 is 11.7 Å². The summed E-state index contributed by atoms with van der Waals surface area (Å²) in [5.74, 6) is 1.64. The van der Waals surface area contributed by atoms with E-state index < -0.39 is 0 Å². The summed E-state index contributed by atoms with van der Waals surface area (Å²) in [4.78, 5) is 39.5. The van der Waals surface area contributed by atoms with Crippen molar-refractivity contribution in [1.29, 1.82) is 0 Å². The lowest BCUT2D eigenvalue weighted by molar-refractivity contribution is -0.125. The standard InChI is InChI=1S/C22H30N4O5/c1-5-26-19(12-20(27)24(2)22(26)29)25-10-6-7-15(14-25)21(28)23-13-16-11-17(30-3)8-9-18(16)31-4/h8-9,11-12,15H,5-7,10,13-14H2,1-4H3,(H,23,28). The second-order valence-corrected chi connectivity index (χ2v) is 7.61. The molecular formula is C22H30N4O5. The molecule has 1 aliphatic rings. The van der Waals surface area contributed by atoms with Crippen LogP contribution in [0.5, 0.6) is 11.5 Å². The number of carbonyl (C=O) groups is 1. The van der Waals surface area contributed by atoms with Gasteiger partial charge in [0.15, 0.2) is 0 Å². The molecule has 0 aliphatic carbocycles. The maximum atomic E-state index is 12.9. The number of amides is 1. The SMILES string of the molecule is CCn1c(N2CCCC(C(=O)NCc3cc(OC)ccc3OC)C2)cc(=O)n(C)c1=O. The fourth-order valence-electron chi connectivity index (χ4n) is 3.96. The Morgan fingerprint density at radius 3 is 2.65 bits per heavy atom. The number of ether oxygens (including phenoxy) is 2. The van der Waals surface area contributed by atoms with Crippen LogP contribution in [0.3, 0.4) is 0 Å². The maximum absolute atomic E-state index is 12.9. The Morgan fingerprint density at radius 2 is 1.97 bits per heavy atom. The molecule has 0 radical (unpaired) electrons. The highest BCUT2D eigenvalue weighted by Crippen LogP contribution is 2.25. The largest absolute Gasteiger partial charge is 0.497 e. The van der Waals surface area contributed by atoms with Crippen molar-refractivity contribution in [3.05, 3.63) is 50.7 Å². The molecule has 1 atom stereocenters. The van der Waals surface area contributed by atoms with E-state index in [2.05, 4.69) is 5.32 Å². The van der Waals surface area contributed by atoms with Crippen LogP contribution in [-0.2, 0) is 24.9 Å². The van der Waals surface area contributed by atoms with Crippen molar-refractivity contribution in [1.82, 2.24) is 14.5 Å². The lowest BCUT2D eigenvalue weighted by atomic mass is 9.97. The molecule has 2 heterocycles. The second kappa shape index (κ2) is 9.72. The monoisotopic (exact) mass is 430 g/mol. The molecule has 0 bridgehead atoms. The molecule has 2 aromatic rings. The average Bonchev–Trinajstić information content (AvgIpc) is 2.80. The summed E-state index contributed by atoms with van der Waals surface area (Å²) in [6, 6.07) is 6.93. The number of aromatic nitrogens is 2. The molecule has 168 valence electrons. The summed E-state index contributed by atoms with van der Waals surface area (Å²) in [5, 5.41) is 2.99. The molecule has 1 aromatic carbocycles. The molecule has 1 unspecified atom stereocenters. The normalized spacial score (nSPS) is 16.1. The highest BCUT2D eigenvalue weighted by Gasteiger charge is 2.28.